The van der Waals surface area contributed by atoms with Gasteiger partial charge < -0.3 is 44.0 Å². The monoisotopic (exact) mass is 562 g/mol. The van der Waals surface area contributed by atoms with Crippen molar-refractivity contribution in [3.63, 3.8) is 0 Å². The molecule has 6 N–H and O–H groups in total. The molecule has 0 aliphatic carbocycles. The van der Waals surface area contributed by atoms with Crippen LogP contribution in [0.25, 0.3) is 11.0 Å². The van der Waals surface area contributed by atoms with Crippen LogP contribution >= 0.6 is 26.8 Å². The molecule has 3 heterocycles. The number of anilines is 1. The van der Waals surface area contributed by atoms with E-state index in [1.54, 1.807) is 12.3 Å². The number of aliphatic hydroxyl groups excluding tert-OH is 2. The van der Waals surface area contributed by atoms with Crippen LogP contribution < -0.4 is 5.32 Å². The minimum atomic E-state index is -4.82. The molecule has 0 saturated carbocycles. The average Bonchev–Trinajstić information content (AvgIpc) is 3.32. The summed E-state index contributed by atoms with van der Waals surface area (Å²) < 4.78 is 34.8. The zero-order valence-corrected chi connectivity index (χ0v) is 21.4. The Morgan fingerprint density at radius 3 is 2.50 bits per heavy atom. The van der Waals surface area contributed by atoms with Crippen LogP contribution in [0.5, 0.6) is 0 Å². The molecule has 1 saturated heterocycles. The lowest BCUT2D eigenvalue weighted by atomic mass is 10.1. The summed E-state index contributed by atoms with van der Waals surface area (Å²) in [5, 5.41) is 24.8. The second-order valence-corrected chi connectivity index (χ2v) is 12.7. The van der Waals surface area contributed by atoms with Crippen molar-refractivity contribution in [1.29, 1.82) is 0 Å². The fourth-order valence-electron chi connectivity index (χ4n) is 3.91. The molecular formula is C20H25ClN4O9P2. The van der Waals surface area contributed by atoms with Crippen LogP contribution in [0, 0.1) is 0 Å². The van der Waals surface area contributed by atoms with Crippen LogP contribution in [-0.2, 0) is 18.4 Å². The summed E-state index contributed by atoms with van der Waals surface area (Å²) in [6.07, 6.45) is -3.90. The molecule has 0 spiro atoms. The summed E-state index contributed by atoms with van der Waals surface area (Å²) in [5.41, 5.74) is 1.31. The zero-order valence-electron chi connectivity index (χ0n) is 18.8. The Morgan fingerprint density at radius 1 is 1.14 bits per heavy atom. The number of rotatable bonds is 9. The maximum absolute atomic E-state index is 11.9. The standard InChI is InChI=1S/C20H25ClN4O9P2/c1-11(12-5-3-2-4-6-12)22-17-13-7-8-25(18(13)24-20(21)23-17)19-16(27)15(26)14(34-19)9-33-36(31,32)10-35(28,29)30/h2-8,11,14-16,19,26-27H,9-10H2,1H3,(H,31,32)(H,22,23,24)(H2,28,29,30)/t11-,14-,15-,16-,19-/m1/s1. The van der Waals surface area contributed by atoms with E-state index in [1.165, 1.54) is 4.57 Å². The highest BCUT2D eigenvalue weighted by Gasteiger charge is 2.45. The molecular weight excluding hydrogens is 538 g/mol. The fraction of sp³-hybridized carbons (Fsp3) is 0.400. The van der Waals surface area contributed by atoms with E-state index in [0.29, 0.717) is 16.9 Å². The Balaban J connectivity index is 1.55. The van der Waals surface area contributed by atoms with E-state index >= 15 is 0 Å². The SMILES string of the molecule is C[C@@H](Nc1nc(Cl)nc2c1ccn2[C@@H]1O[C@H](COP(=O)(O)CP(=O)(O)O)[C@@H](O)[C@H]1O)c1ccccc1. The molecule has 16 heteroatoms. The number of hydrogen-bond acceptors (Lipinski definition) is 9. The second-order valence-electron chi connectivity index (χ2n) is 8.36. The molecule has 1 aromatic carbocycles. The lowest BCUT2D eigenvalue weighted by Crippen LogP contribution is -2.33. The Morgan fingerprint density at radius 2 is 1.83 bits per heavy atom. The van der Waals surface area contributed by atoms with Crippen LogP contribution in [0.2, 0.25) is 5.28 Å². The van der Waals surface area contributed by atoms with E-state index in [9.17, 15) is 24.2 Å². The first kappa shape index (κ1) is 27.2. The van der Waals surface area contributed by atoms with Crippen LogP contribution in [0.15, 0.2) is 42.6 Å². The van der Waals surface area contributed by atoms with Crippen LogP contribution in [0.1, 0.15) is 24.8 Å². The molecule has 0 bridgehead atoms. The quantitative estimate of drug-likeness (QED) is 0.164. The number of ether oxygens (including phenoxy) is 1. The average molecular weight is 563 g/mol. The summed E-state index contributed by atoms with van der Waals surface area (Å²) >= 11 is 6.16. The zero-order chi connectivity index (χ0) is 26.3. The van der Waals surface area contributed by atoms with Crippen molar-refractivity contribution in [1.82, 2.24) is 14.5 Å². The van der Waals surface area contributed by atoms with Crippen molar-refractivity contribution in [2.24, 2.45) is 0 Å². The lowest BCUT2D eigenvalue weighted by Gasteiger charge is -2.19. The maximum atomic E-state index is 11.9. The van der Waals surface area contributed by atoms with E-state index in [4.69, 9.17) is 30.6 Å². The summed E-state index contributed by atoms with van der Waals surface area (Å²) in [6.45, 7) is 1.25. The van der Waals surface area contributed by atoms with Crippen molar-refractivity contribution in [2.45, 2.75) is 37.5 Å². The van der Waals surface area contributed by atoms with Gasteiger partial charge in [-0.25, -0.2) is 4.98 Å². The first-order valence-electron chi connectivity index (χ1n) is 10.7. The Kier molecular flexibility index (Phi) is 7.89. The van der Waals surface area contributed by atoms with Gasteiger partial charge in [0.1, 0.15) is 29.8 Å². The minimum Gasteiger partial charge on any atom is -0.387 e. The van der Waals surface area contributed by atoms with Gasteiger partial charge in [-0.1, -0.05) is 30.3 Å². The summed E-state index contributed by atoms with van der Waals surface area (Å²) in [6, 6.07) is 11.2. The predicted octanol–water partition coefficient (Wildman–Crippen LogP) is 2.21. The van der Waals surface area contributed by atoms with Gasteiger partial charge in [-0.3, -0.25) is 9.13 Å². The third-order valence-corrected chi connectivity index (χ3v) is 9.24. The lowest BCUT2D eigenvalue weighted by molar-refractivity contribution is -0.0481. The van der Waals surface area contributed by atoms with Gasteiger partial charge in [-0.05, 0) is 30.2 Å². The third kappa shape index (κ3) is 6.15. The van der Waals surface area contributed by atoms with E-state index in [2.05, 4.69) is 15.3 Å². The number of halogens is 1. The van der Waals surface area contributed by atoms with E-state index < -0.39 is 52.2 Å². The Bertz CT molecular complexity index is 1320. The van der Waals surface area contributed by atoms with Gasteiger partial charge in [-0.15, -0.1) is 0 Å². The second kappa shape index (κ2) is 10.5. The van der Waals surface area contributed by atoms with Gasteiger partial charge in [0, 0.05) is 12.2 Å². The van der Waals surface area contributed by atoms with Crippen molar-refractivity contribution >= 4 is 43.6 Å². The largest absolute Gasteiger partial charge is 0.387 e. The van der Waals surface area contributed by atoms with Gasteiger partial charge in [0.2, 0.25) is 5.28 Å². The molecule has 1 fully saturated rings. The summed E-state index contributed by atoms with van der Waals surface area (Å²) in [7, 11) is -9.50. The number of fused-ring (bicyclic) bond motifs is 1. The van der Waals surface area contributed by atoms with Gasteiger partial charge in [0.15, 0.2) is 12.1 Å². The molecule has 3 aromatic rings. The van der Waals surface area contributed by atoms with Gasteiger partial charge in [0.25, 0.3) is 0 Å². The van der Waals surface area contributed by atoms with E-state index in [-0.39, 0.29) is 11.3 Å². The number of hydrogen-bond donors (Lipinski definition) is 6. The Hall–Kier alpha value is -1.89. The van der Waals surface area contributed by atoms with Gasteiger partial charge >= 0.3 is 15.2 Å². The van der Waals surface area contributed by atoms with Crippen molar-refractivity contribution in [3.8, 4) is 0 Å². The highest BCUT2D eigenvalue weighted by Crippen LogP contribution is 2.55. The van der Waals surface area contributed by atoms with E-state index in [0.717, 1.165) is 5.56 Å². The first-order valence-corrected chi connectivity index (χ1v) is 14.7. The normalized spacial score (nSPS) is 25.1. The van der Waals surface area contributed by atoms with Crippen LogP contribution in [0.4, 0.5) is 5.82 Å². The Labute approximate surface area is 210 Å². The van der Waals surface area contributed by atoms with Crippen molar-refractivity contribution in [3.05, 3.63) is 53.4 Å². The molecule has 0 radical (unpaired) electrons. The van der Waals surface area contributed by atoms with Crippen molar-refractivity contribution < 1.29 is 43.3 Å². The molecule has 1 aliphatic heterocycles. The molecule has 196 valence electrons. The molecule has 6 atom stereocenters. The topological polar surface area (TPSA) is 196 Å². The first-order chi connectivity index (χ1) is 16.8. The van der Waals surface area contributed by atoms with Crippen molar-refractivity contribution in [2.75, 3.05) is 17.8 Å². The number of aliphatic hydroxyl groups is 2. The molecule has 2 aromatic heterocycles. The molecule has 36 heavy (non-hydrogen) atoms. The molecule has 1 aliphatic rings. The highest BCUT2D eigenvalue weighted by molar-refractivity contribution is 7.70. The number of benzene rings is 1. The minimum absolute atomic E-state index is 0.0724. The fourth-order valence-corrected chi connectivity index (χ4v) is 6.65. The van der Waals surface area contributed by atoms with Gasteiger partial charge in [-0.2, -0.15) is 4.98 Å². The molecule has 13 nitrogen and oxygen atoms in total. The number of nitrogens with one attached hydrogen (secondary N) is 1. The summed E-state index contributed by atoms with van der Waals surface area (Å²) in [4.78, 5) is 36.0. The van der Waals surface area contributed by atoms with Crippen LogP contribution in [0.3, 0.4) is 0 Å². The highest BCUT2D eigenvalue weighted by atomic mass is 35.5. The molecule has 0 amide bonds. The van der Waals surface area contributed by atoms with Crippen LogP contribution in [-0.4, -0.2) is 70.3 Å². The number of aromatic nitrogens is 3. The maximum Gasteiger partial charge on any atom is 0.340 e. The van der Waals surface area contributed by atoms with Gasteiger partial charge in [0.05, 0.1) is 12.0 Å². The predicted molar refractivity (Wildman–Crippen MR) is 130 cm³/mol. The van der Waals surface area contributed by atoms with E-state index in [1.807, 2.05) is 37.3 Å². The third-order valence-electron chi connectivity index (χ3n) is 5.61. The molecule has 1 unspecified atom stereocenters. The smallest absolute Gasteiger partial charge is 0.340 e. The molecule has 4 rings (SSSR count). The summed E-state index contributed by atoms with van der Waals surface area (Å²) in [5.74, 6) is -0.949. The number of nitrogens with zero attached hydrogens (tertiary/aromatic N) is 3.